The van der Waals surface area contributed by atoms with Crippen LogP contribution in [0.5, 0.6) is 0 Å². The number of fused-ring (bicyclic) bond motifs is 1. The summed E-state index contributed by atoms with van der Waals surface area (Å²) in [6.07, 6.45) is 1.63. The number of hydrogen-bond donors (Lipinski definition) is 2. The summed E-state index contributed by atoms with van der Waals surface area (Å²) in [5.41, 5.74) is 6.65. The van der Waals surface area contributed by atoms with Crippen LogP contribution in [0.4, 0.5) is 11.4 Å². The summed E-state index contributed by atoms with van der Waals surface area (Å²) in [6, 6.07) is 10.6. The van der Waals surface area contributed by atoms with Gasteiger partial charge in [0.25, 0.3) is 5.56 Å². The van der Waals surface area contributed by atoms with E-state index in [1.54, 1.807) is 36.5 Å². The molecule has 0 unspecified atom stereocenters. The molecule has 0 aliphatic rings. The lowest BCUT2D eigenvalue weighted by Gasteiger charge is -2.09. The summed E-state index contributed by atoms with van der Waals surface area (Å²) in [6.45, 7) is -0.0427. The van der Waals surface area contributed by atoms with E-state index in [-0.39, 0.29) is 18.0 Å². The van der Waals surface area contributed by atoms with Crippen LogP contribution in [-0.2, 0) is 11.3 Å². The van der Waals surface area contributed by atoms with E-state index in [0.717, 1.165) is 4.70 Å². The predicted molar refractivity (Wildman–Crippen MR) is 85.6 cm³/mol. The number of nitrogens with zero attached hydrogens (tertiary/aromatic N) is 1. The number of carbonyl (C=O) groups is 1. The molecule has 0 atom stereocenters. The largest absolute Gasteiger partial charge is 0.397 e. The molecule has 0 aliphatic heterocycles. The van der Waals surface area contributed by atoms with Gasteiger partial charge in [0.15, 0.2) is 0 Å². The molecule has 3 N–H and O–H groups in total. The summed E-state index contributed by atoms with van der Waals surface area (Å²) in [5.74, 6) is -0.287. The number of benzene rings is 1. The normalized spacial score (nSPS) is 10.7. The Bertz CT molecular complexity index is 866. The van der Waals surface area contributed by atoms with Crippen molar-refractivity contribution in [3.63, 3.8) is 0 Å². The van der Waals surface area contributed by atoms with Gasteiger partial charge in [-0.2, -0.15) is 0 Å². The second-order valence-electron chi connectivity index (χ2n) is 4.58. The zero-order chi connectivity index (χ0) is 14.8. The average Bonchev–Trinajstić information content (AvgIpc) is 2.94. The molecular formula is C15H13N3O2S. The SMILES string of the molecule is Nc1ccccc1NC(=O)Cn1ccc2sccc2c1=O. The first-order valence-corrected chi connectivity index (χ1v) is 7.24. The van der Waals surface area contributed by atoms with Crippen molar-refractivity contribution in [1.29, 1.82) is 0 Å². The van der Waals surface area contributed by atoms with Crippen molar-refractivity contribution in [1.82, 2.24) is 4.57 Å². The van der Waals surface area contributed by atoms with Crippen LogP contribution < -0.4 is 16.6 Å². The highest BCUT2D eigenvalue weighted by Gasteiger charge is 2.09. The number of anilines is 2. The van der Waals surface area contributed by atoms with Gasteiger partial charge in [0.05, 0.1) is 16.8 Å². The van der Waals surface area contributed by atoms with Crippen LogP contribution in [0.1, 0.15) is 0 Å². The van der Waals surface area contributed by atoms with Gasteiger partial charge in [0.1, 0.15) is 6.54 Å². The Labute approximate surface area is 124 Å². The fourth-order valence-electron chi connectivity index (χ4n) is 2.09. The lowest BCUT2D eigenvalue weighted by atomic mass is 10.2. The van der Waals surface area contributed by atoms with Gasteiger partial charge in [0, 0.05) is 10.9 Å². The standard InChI is InChI=1S/C15H13N3O2S/c16-11-3-1-2-4-12(11)17-14(19)9-18-7-5-13-10(15(18)20)6-8-21-13/h1-8H,9,16H2,(H,17,19). The molecule has 0 aliphatic carbocycles. The number of thiophene rings is 1. The zero-order valence-electron chi connectivity index (χ0n) is 11.1. The van der Waals surface area contributed by atoms with Crippen molar-refractivity contribution in [3.8, 4) is 0 Å². The number of nitrogen functional groups attached to an aromatic ring is 1. The molecule has 106 valence electrons. The van der Waals surface area contributed by atoms with Gasteiger partial charge in [0.2, 0.25) is 5.91 Å². The molecule has 0 spiro atoms. The van der Waals surface area contributed by atoms with Gasteiger partial charge >= 0.3 is 0 Å². The Morgan fingerprint density at radius 1 is 1.24 bits per heavy atom. The number of para-hydroxylation sites is 2. The molecule has 2 heterocycles. The minimum atomic E-state index is -0.287. The van der Waals surface area contributed by atoms with E-state index in [0.29, 0.717) is 16.8 Å². The highest BCUT2D eigenvalue weighted by Crippen LogP contribution is 2.17. The van der Waals surface area contributed by atoms with Gasteiger partial charge < -0.3 is 15.6 Å². The quantitative estimate of drug-likeness (QED) is 0.728. The number of carbonyl (C=O) groups excluding carboxylic acids is 1. The fourth-order valence-corrected chi connectivity index (χ4v) is 2.86. The Morgan fingerprint density at radius 3 is 2.86 bits per heavy atom. The Kier molecular flexibility index (Phi) is 3.45. The summed E-state index contributed by atoms with van der Waals surface area (Å²) in [4.78, 5) is 24.2. The first kappa shape index (κ1) is 13.4. The molecule has 3 rings (SSSR count). The number of amides is 1. The van der Waals surface area contributed by atoms with Gasteiger partial charge in [-0.25, -0.2) is 0 Å². The first-order valence-electron chi connectivity index (χ1n) is 6.36. The Hall–Kier alpha value is -2.60. The average molecular weight is 299 g/mol. The molecule has 1 aromatic carbocycles. The number of rotatable bonds is 3. The maximum absolute atomic E-state index is 12.2. The smallest absolute Gasteiger partial charge is 0.259 e. The number of hydrogen-bond acceptors (Lipinski definition) is 4. The lowest BCUT2D eigenvalue weighted by molar-refractivity contribution is -0.116. The fraction of sp³-hybridized carbons (Fsp3) is 0.0667. The van der Waals surface area contributed by atoms with Crippen molar-refractivity contribution >= 4 is 38.7 Å². The van der Waals surface area contributed by atoms with Crippen LogP contribution in [0, 0.1) is 0 Å². The van der Waals surface area contributed by atoms with Crippen LogP contribution in [0.3, 0.4) is 0 Å². The van der Waals surface area contributed by atoms with E-state index in [4.69, 9.17) is 5.73 Å². The molecule has 6 heteroatoms. The minimum Gasteiger partial charge on any atom is -0.397 e. The Balaban J connectivity index is 1.82. The van der Waals surface area contributed by atoms with Crippen LogP contribution >= 0.6 is 11.3 Å². The molecule has 3 aromatic rings. The third-order valence-corrected chi connectivity index (χ3v) is 4.02. The van der Waals surface area contributed by atoms with Crippen LogP contribution in [0.2, 0.25) is 0 Å². The third kappa shape index (κ3) is 2.66. The number of pyridine rings is 1. The van der Waals surface area contributed by atoms with Crippen LogP contribution in [-0.4, -0.2) is 10.5 Å². The van der Waals surface area contributed by atoms with Crippen molar-refractivity contribution in [2.75, 3.05) is 11.1 Å². The summed E-state index contributed by atoms with van der Waals surface area (Å²) >= 11 is 1.50. The van der Waals surface area contributed by atoms with Gasteiger partial charge in [-0.05, 0) is 29.6 Å². The summed E-state index contributed by atoms with van der Waals surface area (Å²) in [5, 5.41) is 5.20. The molecule has 0 saturated heterocycles. The van der Waals surface area contributed by atoms with E-state index in [1.807, 2.05) is 11.4 Å². The summed E-state index contributed by atoms with van der Waals surface area (Å²) < 4.78 is 2.31. The molecule has 0 bridgehead atoms. The monoisotopic (exact) mass is 299 g/mol. The van der Waals surface area contributed by atoms with E-state index < -0.39 is 0 Å². The van der Waals surface area contributed by atoms with Crippen LogP contribution in [0.15, 0.2) is 52.8 Å². The first-order chi connectivity index (χ1) is 10.1. The second kappa shape index (κ2) is 5.41. The maximum atomic E-state index is 12.2. The second-order valence-corrected chi connectivity index (χ2v) is 5.53. The van der Waals surface area contributed by atoms with E-state index >= 15 is 0 Å². The van der Waals surface area contributed by atoms with Gasteiger partial charge in [-0.1, -0.05) is 12.1 Å². The number of aromatic nitrogens is 1. The van der Waals surface area contributed by atoms with Crippen molar-refractivity contribution in [2.45, 2.75) is 6.54 Å². The van der Waals surface area contributed by atoms with Crippen molar-refractivity contribution in [2.24, 2.45) is 0 Å². The Morgan fingerprint density at radius 2 is 2.05 bits per heavy atom. The van der Waals surface area contributed by atoms with E-state index in [9.17, 15) is 9.59 Å². The number of nitrogens with two attached hydrogens (primary N) is 1. The van der Waals surface area contributed by atoms with Gasteiger partial charge in [-0.15, -0.1) is 11.3 Å². The van der Waals surface area contributed by atoms with Crippen LogP contribution in [0.25, 0.3) is 10.1 Å². The number of nitrogens with one attached hydrogen (secondary N) is 1. The molecule has 0 fully saturated rings. The maximum Gasteiger partial charge on any atom is 0.259 e. The van der Waals surface area contributed by atoms with E-state index in [2.05, 4.69) is 5.32 Å². The van der Waals surface area contributed by atoms with Crippen molar-refractivity contribution in [3.05, 3.63) is 58.3 Å². The third-order valence-electron chi connectivity index (χ3n) is 3.14. The molecule has 1 amide bonds. The lowest BCUT2D eigenvalue weighted by Crippen LogP contribution is -2.27. The predicted octanol–water partition coefficient (Wildman–Crippen LogP) is 2.28. The molecule has 0 radical (unpaired) electrons. The highest BCUT2D eigenvalue weighted by atomic mass is 32.1. The molecular weight excluding hydrogens is 286 g/mol. The zero-order valence-corrected chi connectivity index (χ0v) is 11.9. The molecule has 2 aromatic heterocycles. The van der Waals surface area contributed by atoms with Crippen molar-refractivity contribution < 1.29 is 4.79 Å². The molecule has 5 nitrogen and oxygen atoms in total. The summed E-state index contributed by atoms with van der Waals surface area (Å²) in [7, 11) is 0. The highest BCUT2D eigenvalue weighted by molar-refractivity contribution is 7.17. The topological polar surface area (TPSA) is 77.1 Å². The van der Waals surface area contributed by atoms with Gasteiger partial charge in [-0.3, -0.25) is 9.59 Å². The molecule has 21 heavy (non-hydrogen) atoms. The molecule has 0 saturated carbocycles. The minimum absolute atomic E-state index is 0.0427. The van der Waals surface area contributed by atoms with E-state index in [1.165, 1.54) is 15.9 Å².